The quantitative estimate of drug-likeness (QED) is 0.694. The number of hydrogen-bond donors (Lipinski definition) is 0. The first-order valence-electron chi connectivity index (χ1n) is 4.34. The van der Waals surface area contributed by atoms with Crippen molar-refractivity contribution in [2.75, 3.05) is 6.61 Å². The molecular formula is C9H16N2O. The Morgan fingerprint density at radius 3 is 2.67 bits per heavy atom. The highest BCUT2D eigenvalue weighted by Crippen LogP contribution is 2.00. The van der Waals surface area contributed by atoms with E-state index in [9.17, 15) is 0 Å². The molecule has 0 radical (unpaired) electrons. The number of aromatic nitrogens is 2. The molecule has 0 aliphatic rings. The minimum atomic E-state index is 0.601. The fourth-order valence-corrected chi connectivity index (χ4v) is 0.571. The predicted molar refractivity (Wildman–Crippen MR) is 49.2 cm³/mol. The summed E-state index contributed by atoms with van der Waals surface area (Å²) in [5.74, 6) is 0.601. The summed E-state index contributed by atoms with van der Waals surface area (Å²) in [6, 6.07) is 3.60. The zero-order valence-electron chi connectivity index (χ0n) is 7.95. The van der Waals surface area contributed by atoms with Gasteiger partial charge in [0, 0.05) is 12.3 Å². The molecule has 12 heavy (non-hydrogen) atoms. The second kappa shape index (κ2) is 7.98. The SMILES string of the molecule is CC.CCCOc1cccnn1. The Hall–Kier alpha value is -1.12. The lowest BCUT2D eigenvalue weighted by molar-refractivity contribution is 0.301. The van der Waals surface area contributed by atoms with Crippen LogP contribution in [0.2, 0.25) is 0 Å². The number of ether oxygens (including phenoxy) is 1. The van der Waals surface area contributed by atoms with Crippen LogP contribution >= 0.6 is 0 Å². The van der Waals surface area contributed by atoms with Gasteiger partial charge in [-0.05, 0) is 12.5 Å². The van der Waals surface area contributed by atoms with Crippen molar-refractivity contribution in [1.82, 2.24) is 10.2 Å². The molecule has 0 saturated heterocycles. The van der Waals surface area contributed by atoms with Gasteiger partial charge in [-0.3, -0.25) is 0 Å². The fourth-order valence-electron chi connectivity index (χ4n) is 0.571. The van der Waals surface area contributed by atoms with Gasteiger partial charge in [-0.25, -0.2) is 0 Å². The Labute approximate surface area is 73.8 Å². The lowest BCUT2D eigenvalue weighted by atomic mass is 10.5. The summed E-state index contributed by atoms with van der Waals surface area (Å²) in [6.07, 6.45) is 2.62. The zero-order valence-corrected chi connectivity index (χ0v) is 7.95. The van der Waals surface area contributed by atoms with E-state index in [2.05, 4.69) is 17.1 Å². The van der Waals surface area contributed by atoms with Crippen molar-refractivity contribution in [2.24, 2.45) is 0 Å². The summed E-state index contributed by atoms with van der Waals surface area (Å²) < 4.78 is 5.18. The summed E-state index contributed by atoms with van der Waals surface area (Å²) >= 11 is 0. The van der Waals surface area contributed by atoms with Crippen molar-refractivity contribution in [3.05, 3.63) is 18.3 Å². The van der Waals surface area contributed by atoms with Crippen LogP contribution in [0.15, 0.2) is 18.3 Å². The molecule has 0 unspecified atom stereocenters. The molecule has 0 atom stereocenters. The van der Waals surface area contributed by atoms with Crippen LogP contribution < -0.4 is 4.74 Å². The highest BCUT2D eigenvalue weighted by Gasteiger charge is 1.89. The van der Waals surface area contributed by atoms with Gasteiger partial charge in [0.25, 0.3) is 0 Å². The number of hydrogen-bond acceptors (Lipinski definition) is 3. The van der Waals surface area contributed by atoms with Gasteiger partial charge >= 0.3 is 0 Å². The third-order valence-corrected chi connectivity index (χ3v) is 1.00. The van der Waals surface area contributed by atoms with Crippen LogP contribution in [0, 0.1) is 0 Å². The first kappa shape index (κ1) is 10.9. The molecule has 1 aromatic rings. The summed E-state index contributed by atoms with van der Waals surface area (Å²) in [5.41, 5.74) is 0. The molecule has 0 aromatic carbocycles. The minimum Gasteiger partial charge on any atom is -0.477 e. The Morgan fingerprint density at radius 2 is 2.17 bits per heavy atom. The average molecular weight is 168 g/mol. The van der Waals surface area contributed by atoms with Crippen LogP contribution in [-0.2, 0) is 0 Å². The van der Waals surface area contributed by atoms with E-state index in [1.165, 1.54) is 0 Å². The maximum atomic E-state index is 5.18. The van der Waals surface area contributed by atoms with Gasteiger partial charge < -0.3 is 4.74 Å². The normalized spacial score (nSPS) is 8.25. The molecule has 0 bridgehead atoms. The van der Waals surface area contributed by atoms with Gasteiger partial charge in [-0.1, -0.05) is 20.8 Å². The van der Waals surface area contributed by atoms with Gasteiger partial charge in [0.05, 0.1) is 6.61 Å². The molecule has 0 N–H and O–H groups in total. The van der Waals surface area contributed by atoms with Gasteiger partial charge in [-0.2, -0.15) is 5.10 Å². The molecule has 3 heteroatoms. The van der Waals surface area contributed by atoms with E-state index in [4.69, 9.17) is 4.74 Å². The molecular weight excluding hydrogens is 152 g/mol. The van der Waals surface area contributed by atoms with Crippen LogP contribution in [-0.4, -0.2) is 16.8 Å². The Morgan fingerprint density at radius 1 is 1.42 bits per heavy atom. The topological polar surface area (TPSA) is 35.0 Å². The Balaban J connectivity index is 0.000000561. The second-order valence-corrected chi connectivity index (χ2v) is 1.91. The molecule has 1 heterocycles. The number of nitrogens with zero attached hydrogens (tertiary/aromatic N) is 2. The van der Waals surface area contributed by atoms with E-state index in [1.54, 1.807) is 18.3 Å². The molecule has 68 valence electrons. The van der Waals surface area contributed by atoms with Gasteiger partial charge in [0.1, 0.15) is 0 Å². The van der Waals surface area contributed by atoms with Crippen molar-refractivity contribution < 1.29 is 4.74 Å². The van der Waals surface area contributed by atoms with Crippen molar-refractivity contribution in [3.63, 3.8) is 0 Å². The molecule has 0 fully saturated rings. The van der Waals surface area contributed by atoms with E-state index in [0.29, 0.717) is 12.5 Å². The van der Waals surface area contributed by atoms with E-state index >= 15 is 0 Å². The fraction of sp³-hybridized carbons (Fsp3) is 0.556. The molecule has 1 rings (SSSR count). The predicted octanol–water partition coefficient (Wildman–Crippen LogP) is 2.29. The molecule has 3 nitrogen and oxygen atoms in total. The van der Waals surface area contributed by atoms with Crippen molar-refractivity contribution in [2.45, 2.75) is 27.2 Å². The monoisotopic (exact) mass is 168 g/mol. The maximum absolute atomic E-state index is 5.18. The zero-order chi connectivity index (χ0) is 9.23. The molecule has 0 amide bonds. The Bertz CT molecular complexity index is 177. The van der Waals surface area contributed by atoms with Crippen molar-refractivity contribution >= 4 is 0 Å². The van der Waals surface area contributed by atoms with E-state index in [0.717, 1.165) is 6.42 Å². The second-order valence-electron chi connectivity index (χ2n) is 1.91. The van der Waals surface area contributed by atoms with Crippen LogP contribution in [0.3, 0.4) is 0 Å². The third-order valence-electron chi connectivity index (χ3n) is 1.00. The molecule has 0 aliphatic heterocycles. The van der Waals surface area contributed by atoms with Gasteiger partial charge in [-0.15, -0.1) is 5.10 Å². The van der Waals surface area contributed by atoms with Crippen LogP contribution in [0.1, 0.15) is 27.2 Å². The lowest BCUT2D eigenvalue weighted by Crippen LogP contribution is -1.97. The highest BCUT2D eigenvalue weighted by molar-refractivity contribution is 5.04. The highest BCUT2D eigenvalue weighted by atomic mass is 16.5. The van der Waals surface area contributed by atoms with Crippen molar-refractivity contribution in [1.29, 1.82) is 0 Å². The van der Waals surface area contributed by atoms with E-state index in [1.807, 2.05) is 13.8 Å². The summed E-state index contributed by atoms with van der Waals surface area (Å²) in [6.45, 7) is 6.76. The summed E-state index contributed by atoms with van der Waals surface area (Å²) in [4.78, 5) is 0. The first-order chi connectivity index (χ1) is 5.93. The summed E-state index contributed by atoms with van der Waals surface area (Å²) in [7, 11) is 0. The smallest absolute Gasteiger partial charge is 0.233 e. The van der Waals surface area contributed by atoms with Crippen LogP contribution in [0.5, 0.6) is 5.88 Å². The van der Waals surface area contributed by atoms with Gasteiger partial charge in [0.2, 0.25) is 5.88 Å². The maximum Gasteiger partial charge on any atom is 0.233 e. The van der Waals surface area contributed by atoms with Gasteiger partial charge in [0.15, 0.2) is 0 Å². The number of rotatable bonds is 3. The first-order valence-corrected chi connectivity index (χ1v) is 4.34. The van der Waals surface area contributed by atoms with E-state index < -0.39 is 0 Å². The van der Waals surface area contributed by atoms with Crippen LogP contribution in [0.25, 0.3) is 0 Å². The average Bonchev–Trinajstić information content (AvgIpc) is 2.19. The molecule has 1 aromatic heterocycles. The van der Waals surface area contributed by atoms with Crippen molar-refractivity contribution in [3.8, 4) is 5.88 Å². The standard InChI is InChI=1S/C7H10N2O.C2H6/c1-2-6-10-7-4-3-5-8-9-7;1-2/h3-5H,2,6H2,1H3;1-2H3. The van der Waals surface area contributed by atoms with E-state index in [-0.39, 0.29) is 0 Å². The molecule has 0 saturated carbocycles. The largest absolute Gasteiger partial charge is 0.477 e. The summed E-state index contributed by atoms with van der Waals surface area (Å²) in [5, 5.41) is 7.41. The molecule has 0 aliphatic carbocycles. The molecule has 0 spiro atoms. The lowest BCUT2D eigenvalue weighted by Gasteiger charge is -1.99. The van der Waals surface area contributed by atoms with Crippen LogP contribution in [0.4, 0.5) is 0 Å². The Kier molecular flexibility index (Phi) is 7.24. The third kappa shape index (κ3) is 4.66. The minimum absolute atomic E-state index is 0.601.